The summed E-state index contributed by atoms with van der Waals surface area (Å²) in [6, 6.07) is -2.51. The molecule has 24 N–H and O–H groups in total. The van der Waals surface area contributed by atoms with Crippen molar-refractivity contribution < 1.29 is 138 Å². The fourth-order valence-electron chi connectivity index (χ4n) is 2.87. The molecular weight excluding hydrogens is 864 g/mol. The van der Waals surface area contributed by atoms with Gasteiger partial charge in [0.15, 0.2) is 12.1 Å². The van der Waals surface area contributed by atoms with E-state index < -0.39 is 139 Å². The number of aldehydes is 2. The van der Waals surface area contributed by atoms with Crippen LogP contribution < -0.4 is 17.2 Å². The number of hydrogen-bond acceptors (Lipinski definition) is 26. The molecule has 31 nitrogen and oxygen atoms in total. The second kappa shape index (κ2) is 33.2. The highest BCUT2D eigenvalue weighted by molar-refractivity contribution is 7.47. The van der Waals surface area contributed by atoms with Crippen LogP contribution in [0.1, 0.15) is 12.8 Å². The number of carboxylic acids is 1. The van der Waals surface area contributed by atoms with Crippen LogP contribution >= 0.6 is 15.6 Å². The van der Waals surface area contributed by atoms with Gasteiger partial charge in [-0.15, -0.1) is 0 Å². The third-order valence-electron chi connectivity index (χ3n) is 6.40. The summed E-state index contributed by atoms with van der Waals surface area (Å²) >= 11 is 0. The third kappa shape index (κ3) is 32.0. The Balaban J connectivity index is -0.000000396. The molecule has 0 aromatic rings. The number of carbonyl (C=O) groups is 5. The van der Waals surface area contributed by atoms with Crippen molar-refractivity contribution in [3.05, 3.63) is 0 Å². The van der Waals surface area contributed by atoms with Gasteiger partial charge in [0, 0.05) is 6.42 Å². The number of hydrogen-bond donors (Lipinski definition) is 21. The normalized spacial score (nSPS) is 18.6. The van der Waals surface area contributed by atoms with Gasteiger partial charge in [-0.3, -0.25) is 28.0 Å². The Morgan fingerprint density at radius 1 is 0.627 bits per heavy atom. The first-order valence-corrected chi connectivity index (χ1v) is 19.0. The van der Waals surface area contributed by atoms with Gasteiger partial charge in [0.05, 0.1) is 39.1 Å². The number of carboxylic acid groups (broad SMARTS) is 1. The number of phosphoric ester groups is 2. The summed E-state index contributed by atoms with van der Waals surface area (Å²) in [6.07, 6.45) is -20.9. The SMILES string of the molecule is NC(=O)CC[C@H](N)C(=O)O.N[C@@H](C=O)[C@@H](O)[C@H](O)[C@H](O)COP(=O)(O)OC[C@@H](O)[C@@H](O)[C@H](O)[C@@H](O)C=O.O=C(CO)[C@@H](O)[C@H](O)[C@H](O)COP(=O)(O)O.OCC(O)CO. The van der Waals surface area contributed by atoms with Crippen LogP contribution in [-0.2, 0) is 46.7 Å². The molecule has 0 bridgehead atoms. The molecule has 13 atom stereocenters. The second-order valence-electron chi connectivity index (χ2n) is 11.4. The summed E-state index contributed by atoms with van der Waals surface area (Å²) in [5.74, 6) is -2.78. The van der Waals surface area contributed by atoms with Crippen LogP contribution in [0.15, 0.2) is 0 Å². The number of ketones is 1. The first-order chi connectivity index (χ1) is 26.9. The molecule has 1 unspecified atom stereocenters. The quantitative estimate of drug-likeness (QED) is 0.0269. The van der Waals surface area contributed by atoms with E-state index in [2.05, 4.69) is 13.6 Å². The number of aliphatic hydroxyl groups is 14. The molecule has 33 heteroatoms. The van der Waals surface area contributed by atoms with Crippen molar-refractivity contribution in [3.8, 4) is 0 Å². The lowest BCUT2D eigenvalue weighted by molar-refractivity contribution is -0.142. The zero-order chi connectivity index (χ0) is 47.4. The highest BCUT2D eigenvalue weighted by Gasteiger charge is 2.35. The Kier molecular flexibility index (Phi) is 35.5. The fourth-order valence-corrected chi connectivity index (χ4v) is 3.97. The predicted molar refractivity (Wildman–Crippen MR) is 186 cm³/mol. The molecule has 59 heavy (non-hydrogen) atoms. The van der Waals surface area contributed by atoms with E-state index in [1.165, 1.54) is 0 Å². The zero-order valence-corrected chi connectivity index (χ0v) is 32.4. The van der Waals surface area contributed by atoms with Crippen molar-refractivity contribution in [2.45, 2.75) is 92.1 Å². The van der Waals surface area contributed by atoms with Gasteiger partial charge in [-0.25, -0.2) is 9.13 Å². The zero-order valence-electron chi connectivity index (χ0n) is 30.6. The number of nitrogens with two attached hydrogens (primary N) is 3. The topological polar surface area (TPSA) is 589 Å². The lowest BCUT2D eigenvalue weighted by Crippen LogP contribution is -2.50. The molecule has 0 heterocycles. The highest BCUT2D eigenvalue weighted by Crippen LogP contribution is 2.43. The Labute approximate surface area is 332 Å². The van der Waals surface area contributed by atoms with Gasteiger partial charge in [0.25, 0.3) is 0 Å². The molecular formula is C26H55N3O28P2. The van der Waals surface area contributed by atoms with Gasteiger partial charge >= 0.3 is 21.6 Å². The summed E-state index contributed by atoms with van der Waals surface area (Å²) in [5, 5.41) is 134. The van der Waals surface area contributed by atoms with E-state index in [9.17, 15) is 68.6 Å². The van der Waals surface area contributed by atoms with E-state index in [0.717, 1.165) is 0 Å². The van der Waals surface area contributed by atoms with Crippen LogP contribution in [0.5, 0.6) is 0 Å². The minimum absolute atomic E-state index is 0.0213. The average Bonchev–Trinajstić information content (AvgIpc) is 3.20. The van der Waals surface area contributed by atoms with Crippen LogP contribution in [0, 0.1) is 0 Å². The second-order valence-corrected chi connectivity index (χ2v) is 14.1. The average molecular weight is 920 g/mol. The molecule has 0 saturated carbocycles. The van der Waals surface area contributed by atoms with Crippen molar-refractivity contribution in [3.63, 3.8) is 0 Å². The summed E-state index contributed by atoms with van der Waals surface area (Å²) in [7, 11) is -9.75. The monoisotopic (exact) mass is 919 g/mol. The van der Waals surface area contributed by atoms with Crippen molar-refractivity contribution in [2.24, 2.45) is 17.2 Å². The standard InChI is InChI=1S/C12H24NO13P.C6H13O9P.C5H10N2O3.C3H8O3/c13-5(1-14)9(19)11(21)7(17)3-25-27(23,24)26-4-8(18)12(22)10(20)6(16)2-15;7-1-3(8)5(10)6(11)4(9)2-15-16(12,13)14;6-3(5(9)10)1-2-4(7)8;4-1-3(6)2-5/h1-2,5-12,16-22H,3-4,13H2,(H,23,24);4-7,9-11H,1-2H2,(H2,12,13,14);3H,1-2,6H2,(H2,7,8)(H,9,10);3-6H,1-2H2/t5-,6-,7+,8+,9+,10+,11+,12+;4-,5-,6-;3-;/m010./s1. The van der Waals surface area contributed by atoms with Gasteiger partial charge in [-0.1, -0.05) is 0 Å². The smallest absolute Gasteiger partial charge is 0.472 e. The Morgan fingerprint density at radius 3 is 1.36 bits per heavy atom. The molecule has 352 valence electrons. The number of primary amides is 1. The molecule has 0 saturated heterocycles. The maximum absolute atomic E-state index is 11.6. The molecule has 0 aliphatic carbocycles. The number of aliphatic hydroxyl groups excluding tert-OH is 14. The Morgan fingerprint density at radius 2 is 1.03 bits per heavy atom. The summed E-state index contributed by atoms with van der Waals surface area (Å²) < 4.78 is 34.3. The van der Waals surface area contributed by atoms with E-state index in [4.69, 9.17) is 72.9 Å². The van der Waals surface area contributed by atoms with Crippen LogP contribution in [0.4, 0.5) is 0 Å². The van der Waals surface area contributed by atoms with Crippen LogP contribution in [0.2, 0.25) is 0 Å². The molecule has 0 fully saturated rings. The molecule has 0 aromatic heterocycles. The summed E-state index contributed by atoms with van der Waals surface area (Å²) in [5.41, 5.74) is 14.9. The predicted octanol–water partition coefficient (Wildman–Crippen LogP) is -11.9. The maximum atomic E-state index is 11.6. The minimum atomic E-state index is -4.94. The molecule has 0 aromatic carbocycles. The molecule has 0 aliphatic heterocycles. The first-order valence-electron chi connectivity index (χ1n) is 16.0. The Bertz CT molecular complexity index is 1240. The lowest BCUT2D eigenvalue weighted by atomic mass is 10.0. The fraction of sp³-hybridized carbons (Fsp3) is 0.808. The molecule has 0 aliphatic rings. The minimum Gasteiger partial charge on any atom is -0.480 e. The van der Waals surface area contributed by atoms with Gasteiger partial charge in [-0.2, -0.15) is 0 Å². The van der Waals surface area contributed by atoms with Crippen molar-refractivity contribution in [1.29, 1.82) is 0 Å². The van der Waals surface area contributed by atoms with Gasteiger partial charge < -0.3 is 118 Å². The van der Waals surface area contributed by atoms with E-state index in [1.807, 2.05) is 0 Å². The lowest BCUT2D eigenvalue weighted by Gasteiger charge is -2.26. The van der Waals surface area contributed by atoms with Gasteiger partial charge in [0.2, 0.25) is 5.91 Å². The third-order valence-corrected chi connectivity index (χ3v) is 7.84. The van der Waals surface area contributed by atoms with Crippen molar-refractivity contribution in [1.82, 2.24) is 0 Å². The molecule has 1 amide bonds. The largest absolute Gasteiger partial charge is 0.480 e. The van der Waals surface area contributed by atoms with Gasteiger partial charge in [0.1, 0.15) is 86.1 Å². The number of amides is 1. The maximum Gasteiger partial charge on any atom is 0.472 e. The van der Waals surface area contributed by atoms with Crippen molar-refractivity contribution >= 4 is 45.9 Å². The number of phosphoric acid groups is 2. The van der Waals surface area contributed by atoms with Crippen LogP contribution in [0.25, 0.3) is 0 Å². The number of rotatable bonds is 27. The van der Waals surface area contributed by atoms with Crippen LogP contribution in [0.3, 0.4) is 0 Å². The molecule has 0 rings (SSSR count). The van der Waals surface area contributed by atoms with Crippen molar-refractivity contribution in [2.75, 3.05) is 39.6 Å². The van der Waals surface area contributed by atoms with Gasteiger partial charge in [-0.05, 0) is 6.42 Å². The Hall–Kier alpha value is -2.47. The number of carbonyl (C=O) groups excluding carboxylic acids is 4. The molecule has 0 radical (unpaired) electrons. The number of aliphatic carboxylic acids is 1. The number of Topliss-reactive ketones (excluding diaryl/α,β-unsaturated/α-hetero) is 1. The van der Waals surface area contributed by atoms with E-state index in [1.54, 1.807) is 0 Å². The highest BCUT2D eigenvalue weighted by atomic mass is 31.2. The van der Waals surface area contributed by atoms with Crippen LogP contribution in [-0.4, -0.2) is 240 Å². The van der Waals surface area contributed by atoms with E-state index in [-0.39, 0.29) is 38.6 Å². The molecule has 0 spiro atoms. The van der Waals surface area contributed by atoms with E-state index in [0.29, 0.717) is 0 Å². The summed E-state index contributed by atoms with van der Waals surface area (Å²) in [4.78, 5) is 77.4. The summed E-state index contributed by atoms with van der Waals surface area (Å²) in [6.45, 7) is -4.88. The first kappa shape index (κ1) is 63.2. The van der Waals surface area contributed by atoms with E-state index >= 15 is 0 Å².